The minimum Gasteiger partial charge on any atom is -1.00 e. The summed E-state index contributed by atoms with van der Waals surface area (Å²) in [6.07, 6.45) is 0.595. The molecule has 1 fully saturated rings. The summed E-state index contributed by atoms with van der Waals surface area (Å²) in [6.45, 7) is 1.10. The number of aliphatic hydroxyl groups excluding tert-OH is 1. The molecule has 4 N–H and O–H groups in total. The lowest BCUT2D eigenvalue weighted by atomic mass is 10.1. The van der Waals surface area contributed by atoms with Crippen molar-refractivity contribution in [1.82, 2.24) is 4.90 Å². The molecular weight excluding hydrogens is 256 g/mol. The molecule has 0 spiro atoms. The van der Waals surface area contributed by atoms with Crippen molar-refractivity contribution < 1.29 is 32.8 Å². The van der Waals surface area contributed by atoms with Crippen molar-refractivity contribution in [2.45, 2.75) is 18.9 Å². The molecule has 5 nitrogen and oxygen atoms in total. The number of ether oxygens (including phenoxy) is 1. The second kappa shape index (κ2) is 6.58. The van der Waals surface area contributed by atoms with Crippen molar-refractivity contribution in [3.05, 3.63) is 24.3 Å². The fourth-order valence-corrected chi connectivity index (χ4v) is 1.77. The number of nitrogens with zero attached hydrogens (tertiary/aromatic N) is 1. The minimum absolute atomic E-state index is 0. The summed E-state index contributed by atoms with van der Waals surface area (Å²) in [6, 6.07) is 7.03. The number of aliphatic hydroxyl groups is 1. The molecule has 0 atom stereocenters. The largest absolute Gasteiger partial charge is 1.00 e. The summed E-state index contributed by atoms with van der Waals surface area (Å²) >= 11 is 0. The molecule has 0 unspecified atom stereocenters. The zero-order chi connectivity index (χ0) is 12.3. The number of carbonyl (C=O) groups excluding carboxylic acids is 1. The molecule has 100 valence electrons. The van der Waals surface area contributed by atoms with Gasteiger partial charge < -0.3 is 32.9 Å². The molecule has 0 saturated carbocycles. The van der Waals surface area contributed by atoms with E-state index in [9.17, 15) is 9.90 Å². The van der Waals surface area contributed by atoms with Crippen LogP contribution in [0.4, 0.5) is 10.5 Å². The molecule has 18 heavy (non-hydrogen) atoms. The molecule has 0 aliphatic carbocycles. The highest BCUT2D eigenvalue weighted by Crippen LogP contribution is 2.16. The van der Waals surface area contributed by atoms with Gasteiger partial charge in [0.2, 0.25) is 0 Å². The van der Waals surface area contributed by atoms with Crippen molar-refractivity contribution >= 4 is 11.8 Å². The molecule has 1 amide bonds. The Morgan fingerprint density at radius 3 is 2.39 bits per heavy atom. The van der Waals surface area contributed by atoms with Gasteiger partial charge in [-0.2, -0.15) is 0 Å². The number of benzene rings is 1. The second-order valence-electron chi connectivity index (χ2n) is 4.23. The van der Waals surface area contributed by atoms with Crippen LogP contribution in [0.15, 0.2) is 24.3 Å². The van der Waals surface area contributed by atoms with E-state index >= 15 is 0 Å². The number of hydrogen-bond donors (Lipinski definition) is 2. The van der Waals surface area contributed by atoms with Crippen molar-refractivity contribution in [3.63, 3.8) is 0 Å². The average Bonchev–Trinajstić information content (AvgIpc) is 2.33. The monoisotopic (exact) mass is 272 g/mol. The quantitative estimate of drug-likeness (QED) is 0.594. The zero-order valence-corrected chi connectivity index (χ0v) is 10.8. The lowest BCUT2D eigenvalue weighted by Crippen LogP contribution is -3.00. The van der Waals surface area contributed by atoms with Gasteiger partial charge in [0, 0.05) is 25.2 Å². The highest BCUT2D eigenvalue weighted by molar-refractivity contribution is 5.70. The van der Waals surface area contributed by atoms with Gasteiger partial charge in [0.1, 0.15) is 11.4 Å². The first kappa shape index (κ1) is 14.8. The Morgan fingerprint density at radius 2 is 1.83 bits per heavy atom. The molecule has 1 heterocycles. The Bertz CT molecular complexity index is 389. The molecule has 2 rings (SSSR count). The van der Waals surface area contributed by atoms with Gasteiger partial charge in [0.15, 0.2) is 0 Å². The normalized spacial score (nSPS) is 16.0. The van der Waals surface area contributed by atoms with Crippen LogP contribution in [0.25, 0.3) is 0 Å². The van der Waals surface area contributed by atoms with Gasteiger partial charge in [-0.1, -0.05) is 0 Å². The first-order valence-electron chi connectivity index (χ1n) is 5.72. The molecule has 1 aliphatic heterocycles. The van der Waals surface area contributed by atoms with E-state index in [2.05, 4.69) is 5.73 Å². The highest BCUT2D eigenvalue weighted by atomic mass is 35.5. The van der Waals surface area contributed by atoms with Crippen molar-refractivity contribution in [1.29, 1.82) is 0 Å². The van der Waals surface area contributed by atoms with Gasteiger partial charge in [-0.05, 0) is 25.0 Å². The van der Waals surface area contributed by atoms with Crippen LogP contribution in [0.1, 0.15) is 12.8 Å². The van der Waals surface area contributed by atoms with E-state index in [1.54, 1.807) is 29.2 Å². The highest BCUT2D eigenvalue weighted by Gasteiger charge is 2.22. The Labute approximate surface area is 112 Å². The van der Waals surface area contributed by atoms with Crippen LogP contribution in [0.2, 0.25) is 0 Å². The van der Waals surface area contributed by atoms with Crippen LogP contribution < -0.4 is 22.9 Å². The van der Waals surface area contributed by atoms with E-state index in [0.717, 1.165) is 5.69 Å². The van der Waals surface area contributed by atoms with Gasteiger partial charge in [0.05, 0.1) is 6.10 Å². The van der Waals surface area contributed by atoms with Gasteiger partial charge in [-0.3, -0.25) is 0 Å². The zero-order valence-electron chi connectivity index (χ0n) is 10.0. The number of carbonyl (C=O) groups is 1. The average molecular weight is 273 g/mol. The Balaban J connectivity index is 0.00000162. The maximum Gasteiger partial charge on any atom is 0.415 e. The van der Waals surface area contributed by atoms with Crippen molar-refractivity contribution in [2.24, 2.45) is 0 Å². The van der Waals surface area contributed by atoms with Crippen molar-refractivity contribution in [3.8, 4) is 5.75 Å². The SMILES string of the molecule is [Cl-].[NH3+]c1ccc(OC(=O)N2CCC(O)CC2)cc1. The predicted octanol–water partition coefficient (Wildman–Crippen LogP) is -2.48. The van der Waals surface area contributed by atoms with Crippen LogP contribution in [0, 0.1) is 0 Å². The number of rotatable bonds is 1. The summed E-state index contributed by atoms with van der Waals surface area (Å²) in [5.41, 5.74) is 4.64. The van der Waals surface area contributed by atoms with Crippen LogP contribution in [0.3, 0.4) is 0 Å². The molecule has 1 saturated heterocycles. The van der Waals surface area contributed by atoms with E-state index in [4.69, 9.17) is 4.74 Å². The van der Waals surface area contributed by atoms with E-state index < -0.39 is 0 Å². The van der Waals surface area contributed by atoms with Crippen LogP contribution in [-0.2, 0) is 0 Å². The Kier molecular flexibility index (Phi) is 5.40. The molecule has 6 heteroatoms. The fourth-order valence-electron chi connectivity index (χ4n) is 1.77. The number of amides is 1. The molecule has 1 aromatic rings. The van der Waals surface area contributed by atoms with Gasteiger partial charge in [-0.25, -0.2) is 4.79 Å². The molecule has 1 aliphatic rings. The number of hydrogen-bond acceptors (Lipinski definition) is 3. The van der Waals surface area contributed by atoms with E-state index in [-0.39, 0.29) is 24.6 Å². The summed E-state index contributed by atoms with van der Waals surface area (Å²) in [4.78, 5) is 13.4. The summed E-state index contributed by atoms with van der Waals surface area (Å²) in [5, 5.41) is 9.34. The third kappa shape index (κ3) is 3.87. The maximum atomic E-state index is 11.8. The van der Waals surface area contributed by atoms with Crippen LogP contribution in [-0.4, -0.2) is 35.3 Å². The minimum atomic E-state index is -0.353. The van der Waals surface area contributed by atoms with Gasteiger partial charge >= 0.3 is 6.09 Å². The third-order valence-corrected chi connectivity index (χ3v) is 2.85. The second-order valence-corrected chi connectivity index (χ2v) is 4.23. The van der Waals surface area contributed by atoms with Gasteiger partial charge in [0.25, 0.3) is 0 Å². The first-order valence-corrected chi connectivity index (χ1v) is 5.72. The topological polar surface area (TPSA) is 77.4 Å². The van der Waals surface area contributed by atoms with E-state index in [0.29, 0.717) is 31.7 Å². The van der Waals surface area contributed by atoms with Gasteiger partial charge in [-0.15, -0.1) is 0 Å². The van der Waals surface area contributed by atoms with Crippen LogP contribution >= 0.6 is 0 Å². The molecular formula is C12H17ClN2O3. The fraction of sp³-hybridized carbons (Fsp3) is 0.417. The molecule has 0 bridgehead atoms. The number of halogens is 1. The lowest BCUT2D eigenvalue weighted by molar-refractivity contribution is -0.254. The lowest BCUT2D eigenvalue weighted by Gasteiger charge is -2.28. The summed E-state index contributed by atoms with van der Waals surface area (Å²) in [7, 11) is 0. The van der Waals surface area contributed by atoms with Crippen molar-refractivity contribution in [2.75, 3.05) is 13.1 Å². The van der Waals surface area contributed by atoms with Crippen LogP contribution in [0.5, 0.6) is 5.75 Å². The van der Waals surface area contributed by atoms with E-state index in [1.165, 1.54) is 0 Å². The number of quaternary nitrogens is 1. The Hall–Kier alpha value is -1.30. The Morgan fingerprint density at radius 1 is 1.28 bits per heavy atom. The maximum absolute atomic E-state index is 11.8. The standard InChI is InChI=1S/C12H16N2O3.ClH/c13-9-1-3-11(4-2-9)17-12(16)14-7-5-10(15)6-8-14;/h1-4,10,15H,5-8,13H2;1H. The predicted molar refractivity (Wildman–Crippen MR) is 61.8 cm³/mol. The first-order chi connectivity index (χ1) is 8.15. The van der Waals surface area contributed by atoms with E-state index in [1.807, 2.05) is 0 Å². The molecule has 0 aromatic heterocycles. The summed E-state index contributed by atoms with van der Waals surface area (Å²) < 4.78 is 5.22. The molecule has 1 aromatic carbocycles. The third-order valence-electron chi connectivity index (χ3n) is 2.85. The smallest absolute Gasteiger partial charge is 0.415 e. The number of likely N-dealkylation sites (tertiary alicyclic amines) is 1. The summed E-state index contributed by atoms with van der Waals surface area (Å²) in [5.74, 6) is 0.522. The number of piperidine rings is 1. The molecule has 0 radical (unpaired) electrons.